The van der Waals surface area contributed by atoms with Gasteiger partial charge in [0.05, 0.1) is 23.5 Å². The van der Waals surface area contributed by atoms with E-state index in [2.05, 4.69) is 5.32 Å². The molecule has 1 aliphatic heterocycles. The molecule has 162 valence electrons. The Morgan fingerprint density at radius 3 is 2.63 bits per heavy atom. The van der Waals surface area contributed by atoms with E-state index in [0.29, 0.717) is 11.5 Å². The Morgan fingerprint density at radius 1 is 1.30 bits per heavy atom. The van der Waals surface area contributed by atoms with E-state index in [1.165, 1.54) is 12.1 Å². The van der Waals surface area contributed by atoms with Crippen LogP contribution in [-0.2, 0) is 14.8 Å². The lowest BCUT2D eigenvalue weighted by Crippen LogP contribution is -2.51. The van der Waals surface area contributed by atoms with Crippen LogP contribution < -0.4 is 19.1 Å². The first-order valence-electron chi connectivity index (χ1n) is 9.31. The number of hydrogen-bond acceptors (Lipinski definition) is 5. The molecule has 1 aliphatic rings. The summed E-state index contributed by atoms with van der Waals surface area (Å²) in [6.07, 6.45) is 0.752. The molecule has 1 amide bonds. The predicted molar refractivity (Wildman–Crippen MR) is 112 cm³/mol. The lowest BCUT2D eigenvalue weighted by molar-refractivity contribution is -0.122. The zero-order valence-electron chi connectivity index (χ0n) is 16.5. The van der Waals surface area contributed by atoms with Gasteiger partial charge in [0.2, 0.25) is 15.9 Å². The molecule has 2 aromatic rings. The quantitative estimate of drug-likeness (QED) is 0.692. The van der Waals surface area contributed by atoms with Gasteiger partial charge in [-0.05, 0) is 36.8 Å². The second-order valence-electron chi connectivity index (χ2n) is 6.82. The molecule has 1 N–H and O–H groups in total. The van der Waals surface area contributed by atoms with Crippen LogP contribution in [0.3, 0.4) is 0 Å². The molecule has 7 nitrogen and oxygen atoms in total. The third-order valence-corrected chi connectivity index (χ3v) is 6.03. The molecule has 0 saturated heterocycles. The van der Waals surface area contributed by atoms with Crippen molar-refractivity contribution < 1.29 is 27.1 Å². The van der Waals surface area contributed by atoms with Gasteiger partial charge in [-0.15, -0.1) is 0 Å². The molecule has 0 fully saturated rings. The van der Waals surface area contributed by atoms with Crippen molar-refractivity contribution in [3.05, 3.63) is 53.3 Å². The van der Waals surface area contributed by atoms with Crippen molar-refractivity contribution in [2.24, 2.45) is 0 Å². The SMILES string of the molecule is CCC(C(=O)NCC1COc2ccccc2O1)N(c1ccc(F)c(Cl)c1)S(C)(=O)=O. The van der Waals surface area contributed by atoms with Crippen molar-refractivity contribution in [3.63, 3.8) is 0 Å². The monoisotopic (exact) mass is 456 g/mol. The van der Waals surface area contributed by atoms with E-state index in [-0.39, 0.29) is 30.3 Å². The molecule has 0 aliphatic carbocycles. The van der Waals surface area contributed by atoms with E-state index < -0.39 is 33.9 Å². The van der Waals surface area contributed by atoms with E-state index >= 15 is 0 Å². The van der Waals surface area contributed by atoms with Gasteiger partial charge < -0.3 is 14.8 Å². The molecule has 30 heavy (non-hydrogen) atoms. The molecule has 0 aromatic heterocycles. The number of carbonyl (C=O) groups excluding carboxylic acids is 1. The minimum absolute atomic E-state index is 0.108. The summed E-state index contributed by atoms with van der Waals surface area (Å²) >= 11 is 5.81. The number of amides is 1. The largest absolute Gasteiger partial charge is 0.486 e. The highest BCUT2D eigenvalue weighted by Gasteiger charge is 2.32. The van der Waals surface area contributed by atoms with Gasteiger partial charge >= 0.3 is 0 Å². The molecule has 2 unspecified atom stereocenters. The Hall–Kier alpha value is -2.52. The van der Waals surface area contributed by atoms with Gasteiger partial charge in [-0.2, -0.15) is 0 Å². The number of nitrogens with one attached hydrogen (secondary N) is 1. The number of benzene rings is 2. The lowest BCUT2D eigenvalue weighted by Gasteiger charge is -2.31. The molecular formula is C20H22ClFN2O5S. The number of carbonyl (C=O) groups is 1. The summed E-state index contributed by atoms with van der Waals surface area (Å²) in [5.74, 6) is 0.0173. The van der Waals surface area contributed by atoms with Crippen LogP contribution in [0.5, 0.6) is 11.5 Å². The number of sulfonamides is 1. The number of nitrogens with zero attached hydrogens (tertiary/aromatic N) is 1. The van der Waals surface area contributed by atoms with E-state index in [1.807, 2.05) is 12.1 Å². The normalized spacial score (nSPS) is 16.6. The van der Waals surface area contributed by atoms with Crippen LogP contribution in [0.1, 0.15) is 13.3 Å². The molecule has 1 heterocycles. The topological polar surface area (TPSA) is 84.9 Å². The first kappa shape index (κ1) is 22.2. The predicted octanol–water partition coefficient (Wildman–Crippen LogP) is 2.98. The highest BCUT2D eigenvalue weighted by molar-refractivity contribution is 7.92. The maximum atomic E-state index is 13.5. The van der Waals surface area contributed by atoms with Gasteiger partial charge in [-0.25, -0.2) is 12.8 Å². The molecule has 0 saturated carbocycles. The average molecular weight is 457 g/mol. The highest BCUT2D eigenvalue weighted by atomic mass is 35.5. The molecular weight excluding hydrogens is 435 g/mol. The number of ether oxygens (including phenoxy) is 2. The van der Waals surface area contributed by atoms with Gasteiger partial charge in [0, 0.05) is 0 Å². The van der Waals surface area contributed by atoms with Crippen molar-refractivity contribution in [1.29, 1.82) is 0 Å². The summed E-state index contributed by atoms with van der Waals surface area (Å²) < 4.78 is 50.8. The second kappa shape index (κ2) is 9.09. The van der Waals surface area contributed by atoms with Crippen molar-refractivity contribution >= 4 is 33.2 Å². The number of halogens is 2. The van der Waals surface area contributed by atoms with Crippen LogP contribution in [0, 0.1) is 5.82 Å². The summed E-state index contributed by atoms with van der Waals surface area (Å²) in [4.78, 5) is 12.9. The highest BCUT2D eigenvalue weighted by Crippen LogP contribution is 2.31. The van der Waals surface area contributed by atoms with E-state index in [1.54, 1.807) is 19.1 Å². The fourth-order valence-electron chi connectivity index (χ4n) is 3.18. The van der Waals surface area contributed by atoms with Crippen molar-refractivity contribution in [2.75, 3.05) is 23.7 Å². The molecule has 2 atom stereocenters. The summed E-state index contributed by atoms with van der Waals surface area (Å²) in [6.45, 7) is 2.06. The summed E-state index contributed by atoms with van der Waals surface area (Å²) in [5, 5.41) is 2.49. The average Bonchev–Trinajstić information content (AvgIpc) is 2.71. The maximum Gasteiger partial charge on any atom is 0.244 e. The Kier molecular flexibility index (Phi) is 6.72. The smallest absolute Gasteiger partial charge is 0.244 e. The van der Waals surface area contributed by atoms with Crippen LogP contribution in [0.15, 0.2) is 42.5 Å². The third-order valence-electron chi connectivity index (χ3n) is 4.56. The van der Waals surface area contributed by atoms with Gasteiger partial charge in [0.1, 0.15) is 24.6 Å². The number of para-hydroxylation sites is 2. The fourth-order valence-corrected chi connectivity index (χ4v) is 4.56. The van der Waals surface area contributed by atoms with Gasteiger partial charge in [-0.3, -0.25) is 9.10 Å². The van der Waals surface area contributed by atoms with Crippen molar-refractivity contribution in [3.8, 4) is 11.5 Å². The molecule has 0 bridgehead atoms. The lowest BCUT2D eigenvalue weighted by atomic mass is 10.2. The summed E-state index contributed by atoms with van der Waals surface area (Å²) in [7, 11) is -3.85. The third kappa shape index (κ3) is 4.96. The molecule has 0 spiro atoms. The Labute approximate surface area is 179 Å². The number of anilines is 1. The molecule has 3 rings (SSSR count). The molecule has 0 radical (unpaired) electrons. The maximum absolute atomic E-state index is 13.5. The van der Waals surface area contributed by atoms with Crippen LogP contribution in [0.2, 0.25) is 5.02 Å². The first-order valence-corrected chi connectivity index (χ1v) is 11.5. The number of rotatable bonds is 7. The number of hydrogen-bond donors (Lipinski definition) is 1. The summed E-state index contributed by atoms with van der Waals surface area (Å²) in [6, 6.07) is 9.67. The van der Waals surface area contributed by atoms with Crippen molar-refractivity contribution in [1.82, 2.24) is 5.32 Å². The van der Waals surface area contributed by atoms with Crippen LogP contribution in [-0.4, -0.2) is 45.9 Å². The van der Waals surface area contributed by atoms with E-state index in [9.17, 15) is 17.6 Å². The van der Waals surface area contributed by atoms with Crippen LogP contribution in [0.25, 0.3) is 0 Å². The zero-order chi connectivity index (χ0) is 21.9. The van der Waals surface area contributed by atoms with Crippen LogP contribution in [0.4, 0.5) is 10.1 Å². The van der Waals surface area contributed by atoms with Gasteiger partial charge in [0.15, 0.2) is 11.5 Å². The van der Waals surface area contributed by atoms with Crippen LogP contribution >= 0.6 is 11.6 Å². The molecule has 10 heteroatoms. The Morgan fingerprint density at radius 2 is 2.00 bits per heavy atom. The van der Waals surface area contributed by atoms with Crippen molar-refractivity contribution in [2.45, 2.75) is 25.5 Å². The summed E-state index contributed by atoms with van der Waals surface area (Å²) in [5.41, 5.74) is 0.108. The van der Waals surface area contributed by atoms with E-state index in [0.717, 1.165) is 16.6 Å². The molecule has 2 aromatic carbocycles. The zero-order valence-corrected chi connectivity index (χ0v) is 18.0. The first-order chi connectivity index (χ1) is 14.2. The van der Waals surface area contributed by atoms with E-state index in [4.69, 9.17) is 21.1 Å². The Bertz CT molecular complexity index is 1030. The van der Waals surface area contributed by atoms with Gasteiger partial charge in [-0.1, -0.05) is 30.7 Å². The Balaban J connectivity index is 1.74. The van der Waals surface area contributed by atoms with Gasteiger partial charge in [0.25, 0.3) is 0 Å². The standard InChI is InChI=1S/C20H22ClFN2O5S/c1-3-17(24(30(2,26)27)13-8-9-16(22)15(21)10-13)20(25)23-11-14-12-28-18-6-4-5-7-19(18)29-14/h4-10,14,17H,3,11-12H2,1-2H3,(H,23,25). The second-order valence-corrected chi connectivity index (χ2v) is 9.09. The fraction of sp³-hybridized carbons (Fsp3) is 0.350. The minimum atomic E-state index is -3.85. The minimum Gasteiger partial charge on any atom is -0.486 e. The number of fused-ring (bicyclic) bond motifs is 1.